The van der Waals surface area contributed by atoms with E-state index in [1.807, 2.05) is 0 Å². The first-order valence-corrected chi connectivity index (χ1v) is 9.41. The Morgan fingerprint density at radius 1 is 1.22 bits per heavy atom. The third kappa shape index (κ3) is 3.68. The Kier molecular flexibility index (Phi) is 4.61. The van der Waals surface area contributed by atoms with Gasteiger partial charge in [0.2, 0.25) is 0 Å². The van der Waals surface area contributed by atoms with Crippen molar-refractivity contribution in [2.45, 2.75) is 12.8 Å². The van der Waals surface area contributed by atoms with Crippen LogP contribution in [0.15, 0.2) is 45.7 Å². The Morgan fingerprint density at radius 2 is 1.96 bits per heavy atom. The van der Waals surface area contributed by atoms with E-state index in [1.165, 1.54) is 12.0 Å². The van der Waals surface area contributed by atoms with E-state index in [0.29, 0.717) is 34.5 Å². The molecular weight excluding hydrogens is 366 g/mol. The highest BCUT2D eigenvalue weighted by Gasteiger charge is 2.38. The first kappa shape index (κ1) is 17.6. The van der Waals surface area contributed by atoms with Crippen LogP contribution in [0.3, 0.4) is 0 Å². The second-order valence-corrected chi connectivity index (χ2v) is 7.50. The molecule has 1 saturated heterocycles. The fourth-order valence-electron chi connectivity index (χ4n) is 2.82. The van der Waals surface area contributed by atoms with Gasteiger partial charge in [0.15, 0.2) is 0 Å². The van der Waals surface area contributed by atoms with E-state index in [0.717, 1.165) is 30.2 Å². The predicted molar refractivity (Wildman–Crippen MR) is 101 cm³/mol. The lowest BCUT2D eigenvalue weighted by Gasteiger charge is -2.10. The van der Waals surface area contributed by atoms with E-state index in [9.17, 15) is 14.4 Å². The Hall–Kier alpha value is -2.80. The molecule has 1 saturated carbocycles. The van der Waals surface area contributed by atoms with Crippen LogP contribution in [0.5, 0.6) is 0 Å². The summed E-state index contributed by atoms with van der Waals surface area (Å²) >= 11 is 0.946. The summed E-state index contributed by atoms with van der Waals surface area (Å²) in [5.41, 5.74) is 1.25. The van der Waals surface area contributed by atoms with Crippen LogP contribution >= 0.6 is 11.8 Å². The Morgan fingerprint density at radius 3 is 2.63 bits per heavy atom. The molecule has 7 heteroatoms. The van der Waals surface area contributed by atoms with Crippen LogP contribution < -0.4 is 0 Å². The second kappa shape index (κ2) is 7.08. The molecule has 2 aliphatic rings. The quantitative estimate of drug-likeness (QED) is 0.569. The molecule has 0 atom stereocenters. The average Bonchev–Trinajstić information content (AvgIpc) is 3.33. The molecule has 1 aromatic heterocycles. The molecule has 6 nitrogen and oxygen atoms in total. The maximum absolute atomic E-state index is 12.4. The molecule has 0 bridgehead atoms. The van der Waals surface area contributed by atoms with Gasteiger partial charge >= 0.3 is 5.97 Å². The van der Waals surface area contributed by atoms with E-state index in [4.69, 9.17) is 4.42 Å². The fraction of sp³-hybridized carbons (Fsp3) is 0.250. The topological polar surface area (TPSA) is 76.8 Å². The van der Waals surface area contributed by atoms with Gasteiger partial charge in [0.05, 0.1) is 17.6 Å². The monoisotopic (exact) mass is 383 g/mol. The molecule has 1 aliphatic carbocycles. The third-order valence-electron chi connectivity index (χ3n) is 4.50. The van der Waals surface area contributed by atoms with Gasteiger partial charge < -0.3 is 9.15 Å². The lowest BCUT2D eigenvalue weighted by Crippen LogP contribution is -2.30. The maximum Gasteiger partial charge on any atom is 0.337 e. The first-order valence-electron chi connectivity index (χ1n) is 8.59. The van der Waals surface area contributed by atoms with Crippen molar-refractivity contribution in [2.24, 2.45) is 5.92 Å². The van der Waals surface area contributed by atoms with Crippen molar-refractivity contribution in [1.82, 2.24) is 4.90 Å². The maximum atomic E-state index is 12.4. The Labute approximate surface area is 160 Å². The lowest BCUT2D eigenvalue weighted by atomic mass is 10.1. The van der Waals surface area contributed by atoms with Crippen LogP contribution in [0.25, 0.3) is 17.4 Å². The fourth-order valence-corrected chi connectivity index (χ4v) is 3.65. The lowest BCUT2D eigenvalue weighted by molar-refractivity contribution is -0.122. The summed E-state index contributed by atoms with van der Waals surface area (Å²) in [4.78, 5) is 37.7. The highest BCUT2D eigenvalue weighted by Crippen LogP contribution is 2.37. The van der Waals surface area contributed by atoms with Crippen molar-refractivity contribution in [3.8, 4) is 11.3 Å². The summed E-state index contributed by atoms with van der Waals surface area (Å²) in [7, 11) is 1.33. The zero-order valence-electron chi connectivity index (χ0n) is 14.6. The molecule has 2 fully saturated rings. The minimum absolute atomic E-state index is 0.219. The number of esters is 1. The third-order valence-corrected chi connectivity index (χ3v) is 5.41. The van der Waals surface area contributed by atoms with Crippen LogP contribution in [0, 0.1) is 5.92 Å². The molecule has 27 heavy (non-hydrogen) atoms. The van der Waals surface area contributed by atoms with Crippen LogP contribution in [0.4, 0.5) is 4.79 Å². The van der Waals surface area contributed by atoms with Crippen molar-refractivity contribution in [3.63, 3.8) is 0 Å². The molecule has 0 spiro atoms. The number of imide groups is 1. The molecule has 138 valence electrons. The number of carbonyl (C=O) groups is 3. The molecule has 2 amide bonds. The minimum atomic E-state index is -0.399. The number of ether oxygens (including phenoxy) is 1. The van der Waals surface area contributed by atoms with Crippen molar-refractivity contribution in [2.75, 3.05) is 13.7 Å². The number of nitrogens with zero attached hydrogens (tertiary/aromatic N) is 1. The van der Waals surface area contributed by atoms with Crippen LogP contribution in [0.2, 0.25) is 0 Å². The zero-order chi connectivity index (χ0) is 19.0. The SMILES string of the molecule is COC(=O)c1ccc(-c2ccc(/C=C3\SC(=O)N(CC4CC4)C3=O)o2)cc1. The number of methoxy groups -OCH3 is 1. The average molecular weight is 383 g/mol. The van der Waals surface area contributed by atoms with E-state index in [1.54, 1.807) is 42.5 Å². The standard InChI is InChI=1S/C20H17NO5S/c1-25-19(23)14-6-4-13(5-7-14)16-9-8-15(26-16)10-17-18(22)21(20(24)27-17)11-12-2-3-12/h4-10,12H,2-3,11H2,1H3/b17-10-. The summed E-state index contributed by atoms with van der Waals surface area (Å²) in [5.74, 6) is 0.913. The molecule has 2 heterocycles. The first-order chi connectivity index (χ1) is 13.0. The van der Waals surface area contributed by atoms with Crippen LogP contribution in [-0.4, -0.2) is 35.7 Å². The molecule has 1 aromatic carbocycles. The highest BCUT2D eigenvalue weighted by atomic mass is 32.2. The van der Waals surface area contributed by atoms with Gasteiger partial charge in [-0.2, -0.15) is 0 Å². The second-order valence-electron chi connectivity index (χ2n) is 6.51. The largest absolute Gasteiger partial charge is 0.465 e. The van der Waals surface area contributed by atoms with Gasteiger partial charge in [-0.1, -0.05) is 12.1 Å². The number of thioether (sulfide) groups is 1. The van der Waals surface area contributed by atoms with Gasteiger partial charge in [-0.25, -0.2) is 4.79 Å². The number of hydrogen-bond donors (Lipinski definition) is 0. The minimum Gasteiger partial charge on any atom is -0.465 e. The van der Waals surface area contributed by atoms with Gasteiger partial charge in [0.25, 0.3) is 11.1 Å². The van der Waals surface area contributed by atoms with Gasteiger partial charge in [-0.05, 0) is 54.8 Å². The van der Waals surface area contributed by atoms with E-state index >= 15 is 0 Å². The number of rotatable bonds is 5. The molecule has 0 unspecified atom stereocenters. The van der Waals surface area contributed by atoms with E-state index in [2.05, 4.69) is 4.74 Å². The Bertz CT molecular complexity index is 940. The molecular formula is C20H17NO5S. The molecule has 4 rings (SSSR count). The summed E-state index contributed by atoms with van der Waals surface area (Å²) in [5, 5.41) is -0.219. The van der Waals surface area contributed by atoms with Gasteiger partial charge in [-0.15, -0.1) is 0 Å². The summed E-state index contributed by atoms with van der Waals surface area (Å²) in [6.45, 7) is 0.512. The highest BCUT2D eigenvalue weighted by molar-refractivity contribution is 8.18. The molecule has 0 radical (unpaired) electrons. The summed E-state index contributed by atoms with van der Waals surface area (Å²) < 4.78 is 10.5. The number of carbonyl (C=O) groups excluding carboxylic acids is 3. The number of furan rings is 1. The number of amides is 2. The smallest absolute Gasteiger partial charge is 0.337 e. The van der Waals surface area contributed by atoms with Gasteiger partial charge in [0, 0.05) is 18.2 Å². The molecule has 0 N–H and O–H groups in total. The van der Waals surface area contributed by atoms with Crippen LogP contribution in [-0.2, 0) is 9.53 Å². The van der Waals surface area contributed by atoms with Crippen LogP contribution in [0.1, 0.15) is 29.0 Å². The number of benzene rings is 1. The zero-order valence-corrected chi connectivity index (χ0v) is 15.5. The van der Waals surface area contributed by atoms with Gasteiger partial charge in [-0.3, -0.25) is 14.5 Å². The molecule has 2 aromatic rings. The van der Waals surface area contributed by atoms with Crippen molar-refractivity contribution in [1.29, 1.82) is 0 Å². The predicted octanol–water partition coefficient (Wildman–Crippen LogP) is 4.18. The van der Waals surface area contributed by atoms with Crippen molar-refractivity contribution < 1.29 is 23.5 Å². The number of hydrogen-bond acceptors (Lipinski definition) is 6. The summed E-state index contributed by atoms with van der Waals surface area (Å²) in [6, 6.07) is 10.4. The van der Waals surface area contributed by atoms with Crippen molar-refractivity contribution in [3.05, 3.63) is 52.6 Å². The molecule has 1 aliphatic heterocycles. The Balaban J connectivity index is 1.51. The van der Waals surface area contributed by atoms with Crippen molar-refractivity contribution >= 4 is 35.0 Å². The van der Waals surface area contributed by atoms with E-state index in [-0.39, 0.29) is 11.1 Å². The summed E-state index contributed by atoms with van der Waals surface area (Å²) in [6.07, 6.45) is 3.76. The van der Waals surface area contributed by atoms with E-state index < -0.39 is 5.97 Å². The van der Waals surface area contributed by atoms with Gasteiger partial charge in [0.1, 0.15) is 11.5 Å². The normalized spacial score (nSPS) is 18.4.